The van der Waals surface area contributed by atoms with Crippen molar-refractivity contribution in [2.45, 2.75) is 207 Å². The van der Waals surface area contributed by atoms with Crippen molar-refractivity contribution in [1.29, 1.82) is 0 Å². The molecule has 0 aliphatic rings. The quantitative estimate of drug-likeness (QED) is 0.0737. The predicted octanol–water partition coefficient (Wildman–Crippen LogP) is 11.5. The number of hydrogen-bond acceptors (Lipinski definition) is 0. The van der Waals surface area contributed by atoms with Crippen molar-refractivity contribution in [3.8, 4) is 0 Å². The standard InChI is InChI=1S/C35H69N2/c1-4-7-10-12-14-16-17-18-19-20-21-22-23-25-27-29-32-37-34-33-36(35(37)30-9-6-3)31-28-26-24-15-13-11-8-5-2/h33-34H,4-32H2,1-3H3/q+1. The normalized spacial score (nSPS) is 11.5. The summed E-state index contributed by atoms with van der Waals surface area (Å²) in [6.45, 7) is 9.38. The van der Waals surface area contributed by atoms with E-state index in [4.69, 9.17) is 0 Å². The van der Waals surface area contributed by atoms with E-state index in [-0.39, 0.29) is 0 Å². The summed E-state index contributed by atoms with van der Waals surface area (Å²) in [5.41, 5.74) is 0. The first-order valence-electron chi connectivity index (χ1n) is 17.4. The van der Waals surface area contributed by atoms with Gasteiger partial charge in [0.15, 0.2) is 0 Å². The molecule has 2 heteroatoms. The fourth-order valence-corrected chi connectivity index (χ4v) is 5.77. The van der Waals surface area contributed by atoms with E-state index in [0.29, 0.717) is 0 Å². The molecule has 0 aromatic carbocycles. The van der Waals surface area contributed by atoms with Crippen molar-refractivity contribution in [2.75, 3.05) is 0 Å². The fraction of sp³-hybridized carbons (Fsp3) is 0.914. The number of nitrogens with zero attached hydrogens (tertiary/aromatic N) is 2. The molecule has 2 nitrogen and oxygen atoms in total. The Hall–Kier alpha value is -0.790. The van der Waals surface area contributed by atoms with Crippen LogP contribution in [0, 0.1) is 0 Å². The zero-order valence-electron chi connectivity index (χ0n) is 26.1. The second kappa shape index (κ2) is 26.8. The number of imidazole rings is 1. The van der Waals surface area contributed by atoms with Crippen molar-refractivity contribution < 1.29 is 4.57 Å². The van der Waals surface area contributed by atoms with E-state index >= 15 is 0 Å². The van der Waals surface area contributed by atoms with Gasteiger partial charge in [0, 0.05) is 6.42 Å². The third-order valence-corrected chi connectivity index (χ3v) is 8.35. The van der Waals surface area contributed by atoms with Crippen LogP contribution in [0.2, 0.25) is 0 Å². The van der Waals surface area contributed by atoms with Gasteiger partial charge in [0.05, 0.1) is 13.1 Å². The highest BCUT2D eigenvalue weighted by Gasteiger charge is 2.16. The molecule has 0 amide bonds. The smallest absolute Gasteiger partial charge is 0.234 e. The zero-order valence-corrected chi connectivity index (χ0v) is 26.1. The summed E-state index contributed by atoms with van der Waals surface area (Å²) in [4.78, 5) is 0. The highest BCUT2D eigenvalue weighted by atomic mass is 15.1. The van der Waals surface area contributed by atoms with E-state index in [9.17, 15) is 0 Å². The molecule has 0 atom stereocenters. The van der Waals surface area contributed by atoms with Crippen LogP contribution >= 0.6 is 0 Å². The summed E-state index contributed by atoms with van der Waals surface area (Å²) in [6.07, 6.45) is 43.0. The second-order valence-corrected chi connectivity index (χ2v) is 12.0. The highest BCUT2D eigenvalue weighted by Crippen LogP contribution is 2.14. The Morgan fingerprint density at radius 3 is 1.27 bits per heavy atom. The van der Waals surface area contributed by atoms with Gasteiger partial charge in [-0.1, -0.05) is 156 Å². The molecule has 0 aliphatic heterocycles. The van der Waals surface area contributed by atoms with E-state index in [2.05, 4.69) is 42.3 Å². The van der Waals surface area contributed by atoms with E-state index in [1.807, 2.05) is 0 Å². The molecule has 0 fully saturated rings. The lowest BCUT2D eigenvalue weighted by Crippen LogP contribution is -2.37. The molecule has 0 bridgehead atoms. The maximum Gasteiger partial charge on any atom is 0.256 e. The Morgan fingerprint density at radius 1 is 0.459 bits per heavy atom. The molecule has 0 N–H and O–H groups in total. The van der Waals surface area contributed by atoms with Crippen molar-refractivity contribution in [2.24, 2.45) is 0 Å². The average molecular weight is 518 g/mol. The van der Waals surface area contributed by atoms with Crippen LogP contribution in [0.4, 0.5) is 0 Å². The molecule has 0 saturated heterocycles. The summed E-state index contributed by atoms with van der Waals surface area (Å²) in [5, 5.41) is 0. The largest absolute Gasteiger partial charge is 0.256 e. The third kappa shape index (κ3) is 19.9. The molecular formula is C35H69N2+. The summed E-state index contributed by atoms with van der Waals surface area (Å²) in [6, 6.07) is 0. The fourth-order valence-electron chi connectivity index (χ4n) is 5.77. The van der Waals surface area contributed by atoms with E-state index in [0.717, 1.165) is 0 Å². The minimum atomic E-state index is 1.22. The van der Waals surface area contributed by atoms with Gasteiger partial charge in [-0.15, -0.1) is 0 Å². The third-order valence-electron chi connectivity index (χ3n) is 8.35. The van der Waals surface area contributed by atoms with Gasteiger partial charge in [-0.05, 0) is 32.1 Å². The van der Waals surface area contributed by atoms with Gasteiger partial charge in [-0.2, -0.15) is 0 Å². The number of hydrogen-bond donors (Lipinski definition) is 0. The van der Waals surface area contributed by atoms with Crippen molar-refractivity contribution in [3.05, 3.63) is 18.2 Å². The topological polar surface area (TPSA) is 8.81 Å². The molecule has 0 radical (unpaired) electrons. The van der Waals surface area contributed by atoms with Gasteiger partial charge < -0.3 is 0 Å². The molecular weight excluding hydrogens is 448 g/mol. The molecule has 0 spiro atoms. The Bertz CT molecular complexity index is 576. The SMILES string of the molecule is CCCCCCCCCCCCCCCCCC[n+]1ccn(CCCCCCCCCC)c1CCCC. The number of aromatic nitrogens is 2. The second-order valence-electron chi connectivity index (χ2n) is 12.0. The highest BCUT2D eigenvalue weighted by molar-refractivity contribution is 4.84. The Labute approximate surface area is 234 Å². The van der Waals surface area contributed by atoms with Gasteiger partial charge in [0.1, 0.15) is 12.4 Å². The lowest BCUT2D eigenvalue weighted by molar-refractivity contribution is -0.704. The monoisotopic (exact) mass is 518 g/mol. The van der Waals surface area contributed by atoms with E-state index in [1.54, 1.807) is 5.82 Å². The lowest BCUT2D eigenvalue weighted by atomic mass is 10.0. The van der Waals surface area contributed by atoms with Gasteiger partial charge in [-0.25, -0.2) is 9.13 Å². The van der Waals surface area contributed by atoms with Crippen LogP contribution in [0.3, 0.4) is 0 Å². The van der Waals surface area contributed by atoms with Crippen molar-refractivity contribution in [1.82, 2.24) is 4.57 Å². The molecule has 1 rings (SSSR count). The molecule has 1 heterocycles. The first kappa shape index (κ1) is 34.2. The Balaban J connectivity index is 2.06. The predicted molar refractivity (Wildman–Crippen MR) is 165 cm³/mol. The van der Waals surface area contributed by atoms with Crippen LogP contribution in [-0.2, 0) is 19.5 Å². The number of aryl methyl sites for hydroxylation is 2. The Kier molecular flexibility index (Phi) is 24.8. The number of rotatable bonds is 29. The minimum absolute atomic E-state index is 1.22. The van der Waals surface area contributed by atoms with Gasteiger partial charge in [0.25, 0.3) is 5.82 Å². The van der Waals surface area contributed by atoms with Crippen molar-refractivity contribution in [3.63, 3.8) is 0 Å². The molecule has 1 aromatic rings. The molecule has 218 valence electrons. The lowest BCUT2D eigenvalue weighted by Gasteiger charge is -2.06. The molecule has 37 heavy (non-hydrogen) atoms. The van der Waals surface area contributed by atoms with Crippen LogP contribution in [-0.4, -0.2) is 4.57 Å². The summed E-state index contributed by atoms with van der Waals surface area (Å²) in [5.74, 6) is 1.59. The molecule has 0 saturated carbocycles. The van der Waals surface area contributed by atoms with Gasteiger partial charge in [-0.3, -0.25) is 0 Å². The molecule has 0 unspecified atom stereocenters. The number of unbranched alkanes of at least 4 members (excludes halogenated alkanes) is 23. The van der Waals surface area contributed by atoms with Crippen LogP contribution in [0.1, 0.15) is 194 Å². The summed E-state index contributed by atoms with van der Waals surface area (Å²) in [7, 11) is 0. The van der Waals surface area contributed by atoms with Gasteiger partial charge in [0.2, 0.25) is 0 Å². The maximum atomic E-state index is 2.59. The van der Waals surface area contributed by atoms with E-state index in [1.165, 1.54) is 186 Å². The average Bonchev–Trinajstić information content (AvgIpc) is 3.29. The zero-order chi connectivity index (χ0) is 26.7. The Morgan fingerprint density at radius 2 is 0.838 bits per heavy atom. The molecule has 1 aromatic heterocycles. The maximum absolute atomic E-state index is 2.59. The first-order valence-corrected chi connectivity index (χ1v) is 17.4. The summed E-state index contributed by atoms with van der Waals surface area (Å²) >= 11 is 0. The van der Waals surface area contributed by atoms with Crippen LogP contribution in [0.25, 0.3) is 0 Å². The van der Waals surface area contributed by atoms with Crippen molar-refractivity contribution >= 4 is 0 Å². The molecule has 0 aliphatic carbocycles. The summed E-state index contributed by atoms with van der Waals surface area (Å²) < 4.78 is 5.17. The van der Waals surface area contributed by atoms with Gasteiger partial charge >= 0.3 is 0 Å². The van der Waals surface area contributed by atoms with Crippen LogP contribution < -0.4 is 4.57 Å². The van der Waals surface area contributed by atoms with Crippen LogP contribution in [0.5, 0.6) is 0 Å². The van der Waals surface area contributed by atoms with E-state index < -0.39 is 0 Å². The first-order chi connectivity index (χ1) is 18.3. The van der Waals surface area contributed by atoms with Crippen LogP contribution in [0.15, 0.2) is 12.4 Å². The minimum Gasteiger partial charge on any atom is -0.234 e.